The van der Waals surface area contributed by atoms with Crippen molar-refractivity contribution >= 4 is 16.9 Å². The van der Waals surface area contributed by atoms with E-state index in [-0.39, 0.29) is 12.0 Å². The molecule has 0 bridgehead atoms. The molecule has 0 unspecified atom stereocenters. The maximum absolute atomic E-state index is 12.7. The number of aromatic nitrogens is 2. The van der Waals surface area contributed by atoms with Crippen LogP contribution in [0.5, 0.6) is 5.75 Å². The fourth-order valence-corrected chi connectivity index (χ4v) is 3.53. The number of hydrogen-bond acceptors (Lipinski definition) is 3. The standard InChI is InChI=1S/C26H27N3O2/c1-18(2)31-22-14-12-21(13-15-22)26(30)27-16-25-28-23-6-4-5-7-24(23)29(25)17-20-10-8-19(3)9-11-20/h4-15,18H,16-17H2,1-3H3,(H,27,30). The van der Waals surface area contributed by atoms with E-state index in [0.29, 0.717) is 18.7 Å². The summed E-state index contributed by atoms with van der Waals surface area (Å²) in [6, 6.07) is 23.8. The highest BCUT2D eigenvalue weighted by atomic mass is 16.5. The molecule has 158 valence electrons. The maximum atomic E-state index is 12.7. The predicted octanol–water partition coefficient (Wildman–Crippen LogP) is 5.11. The number of nitrogens with zero attached hydrogens (tertiary/aromatic N) is 2. The molecule has 31 heavy (non-hydrogen) atoms. The highest BCUT2D eigenvalue weighted by Crippen LogP contribution is 2.19. The van der Waals surface area contributed by atoms with Crippen molar-refractivity contribution in [3.8, 4) is 5.75 Å². The molecule has 0 saturated heterocycles. The number of aryl methyl sites for hydroxylation is 1. The van der Waals surface area contributed by atoms with Gasteiger partial charge >= 0.3 is 0 Å². The Morgan fingerprint density at radius 1 is 1.00 bits per heavy atom. The van der Waals surface area contributed by atoms with E-state index < -0.39 is 0 Å². The summed E-state index contributed by atoms with van der Waals surface area (Å²) in [6.45, 7) is 7.09. The Labute approximate surface area is 182 Å². The Balaban J connectivity index is 1.52. The lowest BCUT2D eigenvalue weighted by atomic mass is 10.1. The van der Waals surface area contributed by atoms with E-state index >= 15 is 0 Å². The third-order valence-electron chi connectivity index (χ3n) is 5.09. The zero-order valence-corrected chi connectivity index (χ0v) is 18.1. The summed E-state index contributed by atoms with van der Waals surface area (Å²) in [5.41, 5.74) is 5.01. The number of benzene rings is 3. The quantitative estimate of drug-likeness (QED) is 0.458. The van der Waals surface area contributed by atoms with Crippen molar-refractivity contribution < 1.29 is 9.53 Å². The van der Waals surface area contributed by atoms with Gasteiger partial charge in [0.05, 0.1) is 23.7 Å². The molecule has 0 radical (unpaired) electrons. The summed E-state index contributed by atoms with van der Waals surface area (Å²) in [5, 5.41) is 3.01. The third-order valence-corrected chi connectivity index (χ3v) is 5.09. The fraction of sp³-hybridized carbons (Fsp3) is 0.231. The van der Waals surface area contributed by atoms with Gasteiger partial charge in [0.1, 0.15) is 11.6 Å². The summed E-state index contributed by atoms with van der Waals surface area (Å²) < 4.78 is 7.81. The van der Waals surface area contributed by atoms with E-state index in [1.54, 1.807) is 12.1 Å². The van der Waals surface area contributed by atoms with E-state index in [0.717, 1.165) is 22.6 Å². The van der Waals surface area contributed by atoms with E-state index in [1.807, 2.05) is 44.2 Å². The lowest BCUT2D eigenvalue weighted by Crippen LogP contribution is -2.25. The molecule has 0 fully saturated rings. The van der Waals surface area contributed by atoms with Crippen molar-refractivity contribution in [1.29, 1.82) is 0 Å². The molecule has 0 aliphatic rings. The second-order valence-electron chi connectivity index (χ2n) is 7.96. The van der Waals surface area contributed by atoms with Gasteiger partial charge in [-0.25, -0.2) is 4.98 Å². The number of ether oxygens (including phenoxy) is 1. The van der Waals surface area contributed by atoms with Crippen LogP contribution in [-0.4, -0.2) is 21.6 Å². The number of carbonyl (C=O) groups is 1. The normalized spacial score (nSPS) is 11.1. The number of nitrogens with one attached hydrogen (secondary N) is 1. The molecular formula is C26H27N3O2. The van der Waals surface area contributed by atoms with Gasteiger partial charge in [0.25, 0.3) is 5.91 Å². The molecule has 0 atom stereocenters. The molecule has 1 heterocycles. The van der Waals surface area contributed by atoms with Gasteiger partial charge in [0.15, 0.2) is 0 Å². The SMILES string of the molecule is Cc1ccc(Cn2c(CNC(=O)c3ccc(OC(C)C)cc3)nc3ccccc32)cc1. The van der Waals surface area contributed by atoms with E-state index in [2.05, 4.69) is 47.1 Å². The number of imidazole rings is 1. The van der Waals surface area contributed by atoms with Crippen molar-refractivity contribution in [2.75, 3.05) is 0 Å². The van der Waals surface area contributed by atoms with Gasteiger partial charge in [-0.05, 0) is 62.7 Å². The Morgan fingerprint density at radius 2 is 1.71 bits per heavy atom. The highest BCUT2D eigenvalue weighted by molar-refractivity contribution is 5.94. The molecule has 1 aromatic heterocycles. The average molecular weight is 414 g/mol. The number of hydrogen-bond donors (Lipinski definition) is 1. The first-order valence-electron chi connectivity index (χ1n) is 10.5. The first-order valence-corrected chi connectivity index (χ1v) is 10.5. The van der Waals surface area contributed by atoms with Crippen LogP contribution in [0.3, 0.4) is 0 Å². The van der Waals surface area contributed by atoms with Crippen molar-refractivity contribution in [2.45, 2.75) is 40.0 Å². The fourth-order valence-electron chi connectivity index (χ4n) is 3.53. The number of amides is 1. The van der Waals surface area contributed by atoms with Crippen molar-refractivity contribution in [3.63, 3.8) is 0 Å². The summed E-state index contributed by atoms with van der Waals surface area (Å²) in [7, 11) is 0. The molecule has 0 aliphatic carbocycles. The van der Waals surface area contributed by atoms with E-state index in [4.69, 9.17) is 9.72 Å². The number of carbonyl (C=O) groups excluding carboxylic acids is 1. The van der Waals surface area contributed by atoms with Gasteiger partial charge in [0.2, 0.25) is 0 Å². The lowest BCUT2D eigenvalue weighted by molar-refractivity contribution is 0.0949. The second kappa shape index (κ2) is 9.04. The number of fused-ring (bicyclic) bond motifs is 1. The first kappa shape index (κ1) is 20.7. The number of rotatable bonds is 7. The molecule has 4 rings (SSSR count). The smallest absolute Gasteiger partial charge is 0.251 e. The minimum Gasteiger partial charge on any atom is -0.491 e. The summed E-state index contributed by atoms with van der Waals surface area (Å²) >= 11 is 0. The van der Waals surface area contributed by atoms with Crippen LogP contribution in [0.15, 0.2) is 72.8 Å². The van der Waals surface area contributed by atoms with Gasteiger partial charge < -0.3 is 14.6 Å². The van der Waals surface area contributed by atoms with Gasteiger partial charge in [-0.15, -0.1) is 0 Å². The largest absolute Gasteiger partial charge is 0.491 e. The molecule has 1 N–H and O–H groups in total. The number of para-hydroxylation sites is 2. The van der Waals surface area contributed by atoms with Crippen LogP contribution >= 0.6 is 0 Å². The molecule has 1 amide bonds. The van der Waals surface area contributed by atoms with Gasteiger partial charge in [0, 0.05) is 12.1 Å². The Hall–Kier alpha value is -3.60. The van der Waals surface area contributed by atoms with Crippen LogP contribution in [0.4, 0.5) is 0 Å². The summed E-state index contributed by atoms with van der Waals surface area (Å²) in [4.78, 5) is 17.5. The molecule has 3 aromatic carbocycles. The van der Waals surface area contributed by atoms with Gasteiger partial charge in [-0.1, -0.05) is 42.0 Å². The van der Waals surface area contributed by atoms with Crippen molar-refractivity contribution in [1.82, 2.24) is 14.9 Å². The average Bonchev–Trinajstić information content (AvgIpc) is 3.11. The van der Waals surface area contributed by atoms with Crippen LogP contribution in [0, 0.1) is 6.92 Å². The molecule has 0 spiro atoms. The van der Waals surface area contributed by atoms with Crippen molar-refractivity contribution in [2.24, 2.45) is 0 Å². The van der Waals surface area contributed by atoms with E-state index in [9.17, 15) is 4.79 Å². The first-order chi connectivity index (χ1) is 15.0. The molecule has 5 heteroatoms. The summed E-state index contributed by atoms with van der Waals surface area (Å²) in [5.74, 6) is 1.45. The minimum atomic E-state index is -0.134. The molecule has 4 aromatic rings. The summed E-state index contributed by atoms with van der Waals surface area (Å²) in [6.07, 6.45) is 0.0983. The van der Waals surface area contributed by atoms with Crippen LogP contribution in [0.2, 0.25) is 0 Å². The van der Waals surface area contributed by atoms with E-state index in [1.165, 1.54) is 11.1 Å². The zero-order valence-electron chi connectivity index (χ0n) is 18.1. The third kappa shape index (κ3) is 4.94. The predicted molar refractivity (Wildman–Crippen MR) is 123 cm³/mol. The Kier molecular flexibility index (Phi) is 6.03. The van der Waals surface area contributed by atoms with Crippen LogP contribution < -0.4 is 10.1 Å². The minimum absolute atomic E-state index is 0.0983. The molecule has 5 nitrogen and oxygen atoms in total. The highest BCUT2D eigenvalue weighted by Gasteiger charge is 2.13. The topological polar surface area (TPSA) is 56.2 Å². The monoisotopic (exact) mass is 413 g/mol. The second-order valence-corrected chi connectivity index (χ2v) is 7.96. The van der Waals surface area contributed by atoms with Crippen LogP contribution in [0.25, 0.3) is 11.0 Å². The zero-order chi connectivity index (χ0) is 21.8. The van der Waals surface area contributed by atoms with Crippen LogP contribution in [-0.2, 0) is 13.1 Å². The Morgan fingerprint density at radius 3 is 2.42 bits per heavy atom. The van der Waals surface area contributed by atoms with Crippen molar-refractivity contribution in [3.05, 3.63) is 95.3 Å². The maximum Gasteiger partial charge on any atom is 0.251 e. The lowest BCUT2D eigenvalue weighted by Gasteiger charge is -2.12. The van der Waals surface area contributed by atoms with Gasteiger partial charge in [-0.2, -0.15) is 0 Å². The van der Waals surface area contributed by atoms with Gasteiger partial charge in [-0.3, -0.25) is 4.79 Å². The Bertz CT molecular complexity index is 1180. The van der Waals surface area contributed by atoms with Crippen LogP contribution in [0.1, 0.15) is 41.2 Å². The molecule has 0 saturated carbocycles. The molecule has 0 aliphatic heterocycles. The molecular weight excluding hydrogens is 386 g/mol.